The molecule has 0 fully saturated rings. The highest BCUT2D eigenvalue weighted by Crippen LogP contribution is 2.36. The predicted molar refractivity (Wildman–Crippen MR) is 155 cm³/mol. The quantitative estimate of drug-likeness (QED) is 0.296. The Labute approximate surface area is 241 Å². The van der Waals surface area contributed by atoms with Crippen LogP contribution in [0.1, 0.15) is 51.2 Å². The monoisotopic (exact) mass is 579 g/mol. The van der Waals surface area contributed by atoms with Gasteiger partial charge in [-0.1, -0.05) is 42.3 Å². The fraction of sp³-hybridized carbons (Fsp3) is 0.241. The second-order valence-electron chi connectivity index (χ2n) is 9.96. The zero-order valence-electron chi connectivity index (χ0n) is 21.6. The van der Waals surface area contributed by atoms with E-state index in [0.29, 0.717) is 44.3 Å². The van der Waals surface area contributed by atoms with E-state index < -0.39 is 12.0 Å². The fourth-order valence-electron chi connectivity index (χ4n) is 4.79. The summed E-state index contributed by atoms with van der Waals surface area (Å²) >= 11 is 12.3. The van der Waals surface area contributed by atoms with E-state index in [1.807, 2.05) is 6.07 Å². The number of hydrogen-bond donors (Lipinski definition) is 4. The lowest BCUT2D eigenvalue weighted by atomic mass is 10.0. The first-order valence-electron chi connectivity index (χ1n) is 12.7. The minimum Gasteiger partial charge on any atom is -0.481 e. The van der Waals surface area contributed by atoms with Gasteiger partial charge in [0, 0.05) is 52.2 Å². The highest BCUT2D eigenvalue weighted by atomic mass is 35.5. The maximum absolute atomic E-state index is 13.5. The van der Waals surface area contributed by atoms with Gasteiger partial charge >= 0.3 is 5.97 Å². The Morgan fingerprint density at radius 3 is 2.58 bits per heavy atom. The molecule has 0 spiro atoms. The molecule has 0 saturated heterocycles. The standard InChI is InChI=1S/C29H27Cl2N5O4/c1-16-13-32-29(33-14-16)35-22-4-2-3-17(9-22)27(39)34-23-6-5-18-15-36(28(40)24(18)11-23)25(12-26(37)38)19-7-20(30)10-21(31)8-19/h2-11,16,25H,12-15H2,1H3,(H,34,39)(H,37,38)(H2,32,33,35). The maximum atomic E-state index is 13.5. The third kappa shape index (κ3) is 6.21. The van der Waals surface area contributed by atoms with E-state index in [1.165, 1.54) is 4.90 Å². The van der Waals surface area contributed by atoms with Gasteiger partial charge in [0.1, 0.15) is 0 Å². The summed E-state index contributed by atoms with van der Waals surface area (Å²) in [5, 5.41) is 19.5. The number of nitrogens with zero attached hydrogens (tertiary/aromatic N) is 2. The summed E-state index contributed by atoms with van der Waals surface area (Å²) in [6, 6.07) is 16.2. The van der Waals surface area contributed by atoms with Crippen molar-refractivity contribution in [1.82, 2.24) is 10.2 Å². The lowest BCUT2D eigenvalue weighted by Gasteiger charge is -2.27. The number of carbonyl (C=O) groups excluding carboxylic acids is 2. The van der Waals surface area contributed by atoms with Crippen LogP contribution in [0.5, 0.6) is 0 Å². The number of nitrogens with one attached hydrogen (secondary N) is 3. The van der Waals surface area contributed by atoms with Gasteiger partial charge in [0.05, 0.1) is 12.5 Å². The topological polar surface area (TPSA) is 123 Å². The zero-order valence-corrected chi connectivity index (χ0v) is 23.1. The van der Waals surface area contributed by atoms with E-state index in [0.717, 1.165) is 24.3 Å². The summed E-state index contributed by atoms with van der Waals surface area (Å²) in [5.41, 5.74) is 3.26. The lowest BCUT2D eigenvalue weighted by Crippen LogP contribution is -2.39. The zero-order chi connectivity index (χ0) is 28.4. The number of fused-ring (bicyclic) bond motifs is 1. The second-order valence-corrected chi connectivity index (χ2v) is 10.8. The van der Waals surface area contributed by atoms with Gasteiger partial charge < -0.3 is 26.0 Å². The number of rotatable bonds is 7. The summed E-state index contributed by atoms with van der Waals surface area (Å²) in [4.78, 5) is 44.1. The molecule has 2 atom stereocenters. The van der Waals surface area contributed by atoms with Crippen LogP contribution in [0.3, 0.4) is 0 Å². The van der Waals surface area contributed by atoms with Crippen molar-refractivity contribution in [3.8, 4) is 0 Å². The van der Waals surface area contributed by atoms with Crippen molar-refractivity contribution >= 4 is 58.3 Å². The Balaban J connectivity index is 1.32. The van der Waals surface area contributed by atoms with E-state index in [4.69, 9.17) is 23.2 Å². The Morgan fingerprint density at radius 2 is 1.88 bits per heavy atom. The molecule has 2 amide bonds. The molecule has 11 heteroatoms. The average molecular weight is 580 g/mol. The normalized spacial score (nSPS) is 17.0. The first kappa shape index (κ1) is 27.5. The number of benzene rings is 3. The van der Waals surface area contributed by atoms with E-state index in [2.05, 4.69) is 27.9 Å². The van der Waals surface area contributed by atoms with Crippen molar-refractivity contribution in [2.75, 3.05) is 23.7 Å². The van der Waals surface area contributed by atoms with Gasteiger partial charge in [-0.05, 0) is 65.6 Å². The summed E-state index contributed by atoms with van der Waals surface area (Å²) in [6.45, 7) is 3.89. The number of guanidine groups is 1. The van der Waals surface area contributed by atoms with Crippen LogP contribution in [-0.2, 0) is 11.3 Å². The van der Waals surface area contributed by atoms with Crippen LogP contribution >= 0.6 is 23.2 Å². The molecule has 2 aliphatic rings. The van der Waals surface area contributed by atoms with Crippen molar-refractivity contribution in [1.29, 1.82) is 0 Å². The van der Waals surface area contributed by atoms with Gasteiger partial charge in [0.2, 0.25) is 0 Å². The molecule has 3 aromatic rings. The number of carbonyl (C=O) groups is 3. The number of hydrogen-bond acceptors (Lipinski definition) is 6. The lowest BCUT2D eigenvalue weighted by molar-refractivity contribution is -0.138. The van der Waals surface area contributed by atoms with Gasteiger partial charge in [0.15, 0.2) is 5.96 Å². The molecule has 0 aromatic heterocycles. The highest BCUT2D eigenvalue weighted by molar-refractivity contribution is 6.34. The number of amides is 2. The summed E-state index contributed by atoms with van der Waals surface area (Å²) in [7, 11) is 0. The molecule has 0 bridgehead atoms. The number of carboxylic acid groups (broad SMARTS) is 1. The van der Waals surface area contributed by atoms with Crippen molar-refractivity contribution in [3.63, 3.8) is 0 Å². The van der Waals surface area contributed by atoms with Gasteiger partial charge in [-0.3, -0.25) is 19.4 Å². The molecule has 0 saturated carbocycles. The molecule has 5 rings (SSSR count). The number of anilines is 2. The largest absolute Gasteiger partial charge is 0.481 e. The molecule has 2 unspecified atom stereocenters. The molecule has 40 heavy (non-hydrogen) atoms. The molecular formula is C29H27Cl2N5O4. The van der Waals surface area contributed by atoms with Crippen LogP contribution in [0.4, 0.5) is 11.4 Å². The predicted octanol–water partition coefficient (Wildman–Crippen LogP) is 5.42. The molecular weight excluding hydrogens is 553 g/mol. The van der Waals surface area contributed by atoms with Gasteiger partial charge in [-0.15, -0.1) is 0 Å². The minimum atomic E-state index is -1.06. The van der Waals surface area contributed by atoms with Crippen molar-refractivity contribution in [2.45, 2.75) is 25.9 Å². The van der Waals surface area contributed by atoms with E-state index in [-0.39, 0.29) is 24.8 Å². The number of halogens is 2. The number of aliphatic imine (C=N–C) groups is 1. The highest BCUT2D eigenvalue weighted by Gasteiger charge is 2.35. The Morgan fingerprint density at radius 1 is 1.10 bits per heavy atom. The molecule has 2 aliphatic heterocycles. The molecule has 206 valence electrons. The number of aliphatic carboxylic acids is 1. The van der Waals surface area contributed by atoms with Crippen LogP contribution in [-0.4, -0.2) is 46.8 Å². The molecule has 9 nitrogen and oxygen atoms in total. The van der Waals surface area contributed by atoms with Crippen LogP contribution in [0.15, 0.2) is 65.7 Å². The second kappa shape index (κ2) is 11.6. The molecule has 0 radical (unpaired) electrons. The van der Waals surface area contributed by atoms with Crippen molar-refractivity contribution in [3.05, 3.63) is 93.0 Å². The molecule has 2 heterocycles. The van der Waals surface area contributed by atoms with Crippen molar-refractivity contribution in [2.24, 2.45) is 10.9 Å². The Kier molecular flexibility index (Phi) is 7.95. The van der Waals surface area contributed by atoms with Crippen LogP contribution in [0.2, 0.25) is 10.0 Å². The van der Waals surface area contributed by atoms with Crippen LogP contribution < -0.4 is 16.0 Å². The SMILES string of the molecule is CC1CN=C(Nc2cccc(C(=O)Nc3ccc4c(c3)C(=O)N(C(CC(=O)O)c3cc(Cl)cc(Cl)c3)C4)c2)NC1. The summed E-state index contributed by atoms with van der Waals surface area (Å²) in [5.74, 6) is -0.605. The summed E-state index contributed by atoms with van der Waals surface area (Å²) in [6.07, 6.45) is -0.314. The first-order chi connectivity index (χ1) is 19.2. The maximum Gasteiger partial charge on any atom is 0.305 e. The molecule has 4 N–H and O–H groups in total. The Bertz CT molecular complexity index is 1510. The van der Waals surface area contributed by atoms with Gasteiger partial charge in [-0.25, -0.2) is 0 Å². The van der Waals surface area contributed by atoms with Gasteiger partial charge in [0.25, 0.3) is 11.8 Å². The Hall–Kier alpha value is -4.08. The first-order valence-corrected chi connectivity index (χ1v) is 13.5. The summed E-state index contributed by atoms with van der Waals surface area (Å²) < 4.78 is 0. The van der Waals surface area contributed by atoms with E-state index >= 15 is 0 Å². The fourth-order valence-corrected chi connectivity index (χ4v) is 5.34. The van der Waals surface area contributed by atoms with Crippen LogP contribution in [0, 0.1) is 5.92 Å². The van der Waals surface area contributed by atoms with Crippen LogP contribution in [0.25, 0.3) is 0 Å². The van der Waals surface area contributed by atoms with Gasteiger partial charge in [-0.2, -0.15) is 0 Å². The smallest absolute Gasteiger partial charge is 0.305 e. The molecule has 3 aromatic carbocycles. The third-order valence-electron chi connectivity index (χ3n) is 6.78. The number of carboxylic acids is 1. The average Bonchev–Trinajstić information content (AvgIpc) is 3.23. The van der Waals surface area contributed by atoms with E-state index in [1.54, 1.807) is 54.6 Å². The van der Waals surface area contributed by atoms with E-state index in [9.17, 15) is 19.5 Å². The van der Waals surface area contributed by atoms with Crippen molar-refractivity contribution < 1.29 is 19.5 Å². The molecule has 0 aliphatic carbocycles. The minimum absolute atomic E-state index is 0.217. The third-order valence-corrected chi connectivity index (χ3v) is 7.22.